The van der Waals surface area contributed by atoms with Gasteiger partial charge in [0.05, 0.1) is 0 Å². The van der Waals surface area contributed by atoms with Crippen LogP contribution in [0.5, 0.6) is 0 Å². The predicted octanol–water partition coefficient (Wildman–Crippen LogP) is 2.94. The quantitative estimate of drug-likeness (QED) is 0.359. The van der Waals surface area contributed by atoms with Crippen molar-refractivity contribution in [1.29, 1.82) is 0 Å². The second kappa shape index (κ2) is 5.36. The first-order chi connectivity index (χ1) is 9.32. The van der Waals surface area contributed by atoms with Gasteiger partial charge in [0.1, 0.15) is 11.4 Å². The Balaban J connectivity index is 2.35. The maximum atomic E-state index is 13.4. The molecule has 20 heavy (non-hydrogen) atoms. The Labute approximate surface area is 123 Å². The first-order valence-corrected chi connectivity index (χ1v) is 6.97. The summed E-state index contributed by atoms with van der Waals surface area (Å²) in [4.78, 5) is 23.5. The van der Waals surface area contributed by atoms with Crippen LogP contribution in [0.15, 0.2) is 23.8 Å². The minimum Gasteiger partial charge on any atom is -0.419 e. The smallest absolute Gasteiger partial charge is 0.348 e. The van der Waals surface area contributed by atoms with Gasteiger partial charge in [-0.15, -0.1) is 0 Å². The van der Waals surface area contributed by atoms with E-state index in [0.29, 0.717) is 16.5 Å². The molecule has 0 spiro atoms. The molecule has 2 rings (SSSR count). The van der Waals surface area contributed by atoms with Gasteiger partial charge in [0, 0.05) is 19.2 Å². The second-order valence-electron chi connectivity index (χ2n) is 4.72. The summed E-state index contributed by atoms with van der Waals surface area (Å²) in [7, 11) is 0. The molecule has 0 aromatic heterocycles. The molecule has 0 atom stereocenters. The van der Waals surface area contributed by atoms with E-state index >= 15 is 0 Å². The molecular formula is C14H12BrFO4. The Morgan fingerprint density at radius 3 is 2.40 bits per heavy atom. The fraction of sp³-hybridized carbons (Fsp3) is 0.286. The molecule has 1 saturated heterocycles. The highest BCUT2D eigenvalue weighted by molar-refractivity contribution is 9.08. The van der Waals surface area contributed by atoms with Crippen LogP contribution in [-0.4, -0.2) is 17.7 Å². The minimum atomic E-state index is -1.27. The normalized spacial score (nSPS) is 17.5. The zero-order chi connectivity index (χ0) is 14.9. The van der Waals surface area contributed by atoms with Crippen LogP contribution in [0.25, 0.3) is 6.08 Å². The zero-order valence-electron chi connectivity index (χ0n) is 10.9. The predicted molar refractivity (Wildman–Crippen MR) is 73.3 cm³/mol. The van der Waals surface area contributed by atoms with Gasteiger partial charge in [-0.1, -0.05) is 22.0 Å². The molecule has 0 aliphatic carbocycles. The number of ether oxygens (including phenoxy) is 2. The van der Waals surface area contributed by atoms with Crippen LogP contribution in [0, 0.1) is 5.82 Å². The topological polar surface area (TPSA) is 52.6 Å². The molecule has 1 aliphatic rings. The van der Waals surface area contributed by atoms with Crippen molar-refractivity contribution < 1.29 is 23.5 Å². The molecule has 6 heteroatoms. The van der Waals surface area contributed by atoms with Crippen molar-refractivity contribution in [3.63, 3.8) is 0 Å². The van der Waals surface area contributed by atoms with Crippen LogP contribution in [0.1, 0.15) is 25.0 Å². The second-order valence-corrected chi connectivity index (χ2v) is 5.28. The van der Waals surface area contributed by atoms with Crippen molar-refractivity contribution in [2.45, 2.75) is 25.0 Å². The highest BCUT2D eigenvalue weighted by Crippen LogP contribution is 2.24. The van der Waals surface area contributed by atoms with Gasteiger partial charge in [-0.2, -0.15) is 0 Å². The Morgan fingerprint density at radius 2 is 1.85 bits per heavy atom. The molecule has 1 fully saturated rings. The van der Waals surface area contributed by atoms with Crippen molar-refractivity contribution in [1.82, 2.24) is 0 Å². The number of carbonyl (C=O) groups excluding carboxylic acids is 2. The first kappa shape index (κ1) is 14.7. The fourth-order valence-electron chi connectivity index (χ4n) is 1.73. The van der Waals surface area contributed by atoms with E-state index in [4.69, 9.17) is 9.47 Å². The molecule has 1 aromatic rings. The lowest BCUT2D eigenvalue weighted by Crippen LogP contribution is -2.41. The van der Waals surface area contributed by atoms with Gasteiger partial charge in [-0.3, -0.25) is 0 Å². The lowest BCUT2D eigenvalue weighted by atomic mass is 10.1. The number of hydrogen-bond acceptors (Lipinski definition) is 4. The summed E-state index contributed by atoms with van der Waals surface area (Å²) in [6, 6.07) is 4.28. The monoisotopic (exact) mass is 342 g/mol. The number of alkyl halides is 1. The fourth-order valence-corrected chi connectivity index (χ4v) is 2.16. The third-order valence-electron chi connectivity index (χ3n) is 2.64. The van der Waals surface area contributed by atoms with E-state index in [1.807, 2.05) is 0 Å². The molecule has 0 N–H and O–H groups in total. The molecule has 0 bridgehead atoms. The molecule has 0 unspecified atom stereocenters. The van der Waals surface area contributed by atoms with E-state index in [1.165, 1.54) is 38.1 Å². The van der Waals surface area contributed by atoms with Crippen molar-refractivity contribution in [3.05, 3.63) is 40.7 Å². The van der Waals surface area contributed by atoms with Crippen LogP contribution < -0.4 is 0 Å². The zero-order valence-corrected chi connectivity index (χ0v) is 12.5. The van der Waals surface area contributed by atoms with E-state index in [2.05, 4.69) is 15.9 Å². The van der Waals surface area contributed by atoms with Gasteiger partial charge in [0.15, 0.2) is 0 Å². The van der Waals surface area contributed by atoms with Crippen LogP contribution in [0.3, 0.4) is 0 Å². The minimum absolute atomic E-state index is 0.212. The van der Waals surface area contributed by atoms with Crippen molar-refractivity contribution in [2.75, 3.05) is 0 Å². The lowest BCUT2D eigenvalue weighted by Gasteiger charge is -2.29. The molecule has 1 aromatic carbocycles. The summed E-state index contributed by atoms with van der Waals surface area (Å²) in [6.45, 7) is 2.95. The number of hydrogen-bond donors (Lipinski definition) is 0. The van der Waals surface area contributed by atoms with Gasteiger partial charge in [0.2, 0.25) is 0 Å². The summed E-state index contributed by atoms with van der Waals surface area (Å²) in [5.74, 6) is -3.14. The number of carbonyl (C=O) groups is 2. The highest BCUT2D eigenvalue weighted by Gasteiger charge is 2.38. The Kier molecular flexibility index (Phi) is 3.94. The average Bonchev–Trinajstić information content (AvgIpc) is 2.34. The number of rotatable bonds is 2. The third-order valence-corrected chi connectivity index (χ3v) is 3.25. The molecule has 0 saturated carbocycles. The van der Waals surface area contributed by atoms with Gasteiger partial charge < -0.3 is 9.47 Å². The van der Waals surface area contributed by atoms with Gasteiger partial charge in [-0.25, -0.2) is 14.0 Å². The van der Waals surface area contributed by atoms with Crippen LogP contribution >= 0.6 is 15.9 Å². The lowest BCUT2D eigenvalue weighted by molar-refractivity contribution is -0.222. The van der Waals surface area contributed by atoms with Gasteiger partial charge in [-0.05, 0) is 29.3 Å². The number of halogens is 2. The molecular weight excluding hydrogens is 331 g/mol. The molecule has 0 amide bonds. The summed E-state index contributed by atoms with van der Waals surface area (Å²) >= 11 is 3.16. The van der Waals surface area contributed by atoms with E-state index in [9.17, 15) is 14.0 Å². The Bertz CT molecular complexity index is 585. The number of cyclic esters (lactones) is 2. The Hall–Kier alpha value is -1.69. The molecule has 1 heterocycles. The molecule has 1 aliphatic heterocycles. The summed E-state index contributed by atoms with van der Waals surface area (Å²) in [5, 5.41) is 0.331. The average molecular weight is 343 g/mol. The molecule has 0 radical (unpaired) electrons. The third kappa shape index (κ3) is 3.07. The van der Waals surface area contributed by atoms with E-state index < -0.39 is 17.7 Å². The summed E-state index contributed by atoms with van der Waals surface area (Å²) < 4.78 is 23.3. The van der Waals surface area contributed by atoms with Crippen molar-refractivity contribution >= 4 is 33.9 Å². The number of esters is 2. The Morgan fingerprint density at radius 1 is 1.25 bits per heavy atom. The number of benzene rings is 1. The SMILES string of the molecule is CC1(C)OC(=O)C(=Cc2ccc(F)c(CBr)c2)C(=O)O1. The van der Waals surface area contributed by atoms with Crippen LogP contribution in [0.2, 0.25) is 0 Å². The maximum Gasteiger partial charge on any atom is 0.348 e. The first-order valence-electron chi connectivity index (χ1n) is 5.85. The van der Waals surface area contributed by atoms with Crippen LogP contribution in [-0.2, 0) is 24.4 Å². The van der Waals surface area contributed by atoms with E-state index in [0.717, 1.165) is 0 Å². The van der Waals surface area contributed by atoms with E-state index in [-0.39, 0.29) is 11.4 Å². The van der Waals surface area contributed by atoms with E-state index in [1.54, 1.807) is 0 Å². The largest absolute Gasteiger partial charge is 0.419 e. The highest BCUT2D eigenvalue weighted by atomic mass is 79.9. The standard InChI is InChI=1S/C14H12BrFO4/c1-14(2)19-12(17)10(13(18)20-14)6-8-3-4-11(16)9(5-8)7-15/h3-6H,7H2,1-2H3. The van der Waals surface area contributed by atoms with Crippen LogP contribution in [0.4, 0.5) is 4.39 Å². The summed E-state index contributed by atoms with van der Waals surface area (Å²) in [5.41, 5.74) is 0.734. The summed E-state index contributed by atoms with van der Waals surface area (Å²) in [6.07, 6.45) is 1.32. The van der Waals surface area contributed by atoms with Gasteiger partial charge in [0.25, 0.3) is 5.79 Å². The maximum absolute atomic E-state index is 13.4. The molecule has 106 valence electrons. The van der Waals surface area contributed by atoms with Gasteiger partial charge >= 0.3 is 11.9 Å². The molecule has 4 nitrogen and oxygen atoms in total. The van der Waals surface area contributed by atoms with Crippen molar-refractivity contribution in [2.24, 2.45) is 0 Å². The van der Waals surface area contributed by atoms with Crippen molar-refractivity contribution in [3.8, 4) is 0 Å².